The highest BCUT2D eigenvalue weighted by atomic mass is 35.5. The molecule has 1 aliphatic rings. The lowest BCUT2D eigenvalue weighted by molar-refractivity contribution is -0.117. The van der Waals surface area contributed by atoms with E-state index in [9.17, 15) is 4.79 Å². The molecule has 0 saturated carbocycles. The third-order valence-electron chi connectivity index (χ3n) is 5.28. The summed E-state index contributed by atoms with van der Waals surface area (Å²) in [5.74, 6) is 1.44. The van der Waals surface area contributed by atoms with Crippen LogP contribution in [-0.2, 0) is 4.79 Å². The Labute approximate surface area is 169 Å². The Hall–Kier alpha value is -2.66. The Kier molecular flexibility index (Phi) is 4.94. The van der Waals surface area contributed by atoms with E-state index in [2.05, 4.69) is 36.1 Å². The molecule has 0 bridgehead atoms. The predicted octanol–water partition coefficient (Wildman–Crippen LogP) is 5.34. The van der Waals surface area contributed by atoms with Gasteiger partial charge in [-0.1, -0.05) is 60.9 Å². The molecule has 1 atom stereocenters. The van der Waals surface area contributed by atoms with Crippen molar-refractivity contribution in [2.24, 2.45) is 0 Å². The number of hydrogen-bond donors (Lipinski definition) is 0. The summed E-state index contributed by atoms with van der Waals surface area (Å²) in [7, 11) is 0. The summed E-state index contributed by atoms with van der Waals surface area (Å²) in [6.45, 7) is 6.75. The van der Waals surface area contributed by atoms with E-state index in [1.165, 1.54) is 5.56 Å². The van der Waals surface area contributed by atoms with Crippen LogP contribution in [0.15, 0.2) is 47.0 Å². The molecule has 1 amide bonds. The van der Waals surface area contributed by atoms with Crippen molar-refractivity contribution in [3.05, 3.63) is 64.5 Å². The molecule has 2 heterocycles. The first kappa shape index (κ1) is 18.7. The second-order valence-corrected chi connectivity index (χ2v) is 7.93. The van der Waals surface area contributed by atoms with Crippen LogP contribution >= 0.6 is 11.6 Å². The van der Waals surface area contributed by atoms with Crippen LogP contribution in [0.5, 0.6) is 0 Å². The van der Waals surface area contributed by atoms with Gasteiger partial charge in [-0.3, -0.25) is 4.79 Å². The normalized spacial score (nSPS) is 17.0. The number of aromatic nitrogens is 2. The minimum absolute atomic E-state index is 0.0383. The molecule has 4 rings (SSSR count). The summed E-state index contributed by atoms with van der Waals surface area (Å²) in [4.78, 5) is 18.9. The Balaban J connectivity index is 1.55. The fraction of sp³-hybridized carbons (Fsp3) is 0.318. The highest BCUT2D eigenvalue weighted by Gasteiger charge is 2.36. The molecule has 0 spiro atoms. The summed E-state index contributed by atoms with van der Waals surface area (Å²) in [6, 6.07) is 13.8. The maximum atomic E-state index is 12.6. The van der Waals surface area contributed by atoms with Crippen molar-refractivity contribution in [2.75, 3.05) is 11.4 Å². The van der Waals surface area contributed by atoms with Gasteiger partial charge < -0.3 is 9.42 Å². The number of halogens is 1. The number of hydrogen-bond acceptors (Lipinski definition) is 4. The lowest BCUT2D eigenvalue weighted by Crippen LogP contribution is -2.25. The van der Waals surface area contributed by atoms with Crippen LogP contribution in [0.25, 0.3) is 11.4 Å². The van der Waals surface area contributed by atoms with Gasteiger partial charge in [-0.25, -0.2) is 0 Å². The van der Waals surface area contributed by atoms with Crippen LogP contribution in [0.4, 0.5) is 5.69 Å². The highest BCUT2D eigenvalue weighted by molar-refractivity contribution is 6.31. The standard InChI is InChI=1S/C22H22ClN3O2/c1-13(2)15-7-9-16(10-8-15)21-24-22(28-25-21)17-11-20(27)26(12-17)19-6-4-5-18(23)14(19)3/h4-10,13,17H,11-12H2,1-3H3. The Morgan fingerprint density at radius 2 is 1.93 bits per heavy atom. The molecule has 0 radical (unpaired) electrons. The first-order chi connectivity index (χ1) is 13.4. The van der Waals surface area contributed by atoms with Crippen LogP contribution in [0, 0.1) is 6.92 Å². The Bertz CT molecular complexity index is 1010. The number of nitrogens with zero attached hydrogens (tertiary/aromatic N) is 3. The van der Waals surface area contributed by atoms with Crippen LogP contribution < -0.4 is 4.90 Å². The van der Waals surface area contributed by atoms with Crippen molar-refractivity contribution in [3.8, 4) is 11.4 Å². The van der Waals surface area contributed by atoms with Gasteiger partial charge in [0.15, 0.2) is 0 Å². The van der Waals surface area contributed by atoms with Crippen molar-refractivity contribution in [2.45, 2.75) is 39.0 Å². The van der Waals surface area contributed by atoms with E-state index in [1.807, 2.05) is 37.3 Å². The van der Waals surface area contributed by atoms with Crippen molar-refractivity contribution in [1.82, 2.24) is 10.1 Å². The first-order valence-electron chi connectivity index (χ1n) is 9.43. The molecule has 5 nitrogen and oxygen atoms in total. The second-order valence-electron chi connectivity index (χ2n) is 7.52. The molecule has 1 unspecified atom stereocenters. The molecule has 0 aliphatic carbocycles. The van der Waals surface area contributed by atoms with E-state index in [0.29, 0.717) is 35.6 Å². The number of anilines is 1. The topological polar surface area (TPSA) is 59.2 Å². The minimum atomic E-state index is -0.123. The van der Waals surface area contributed by atoms with E-state index in [0.717, 1.165) is 16.8 Å². The van der Waals surface area contributed by atoms with Gasteiger partial charge in [-0.05, 0) is 36.1 Å². The largest absolute Gasteiger partial charge is 0.339 e. The van der Waals surface area contributed by atoms with Gasteiger partial charge >= 0.3 is 0 Å². The molecule has 6 heteroatoms. The third-order valence-corrected chi connectivity index (χ3v) is 5.69. The maximum absolute atomic E-state index is 12.6. The summed E-state index contributed by atoms with van der Waals surface area (Å²) in [6.07, 6.45) is 0.347. The molecular weight excluding hydrogens is 374 g/mol. The second kappa shape index (κ2) is 7.40. The first-order valence-corrected chi connectivity index (χ1v) is 9.81. The summed E-state index contributed by atoms with van der Waals surface area (Å²) in [5.41, 5.74) is 3.91. The van der Waals surface area contributed by atoms with Gasteiger partial charge in [0.2, 0.25) is 17.6 Å². The van der Waals surface area contributed by atoms with Crippen molar-refractivity contribution < 1.29 is 9.32 Å². The third kappa shape index (κ3) is 3.42. The minimum Gasteiger partial charge on any atom is -0.339 e. The number of amides is 1. The molecular formula is C22H22ClN3O2. The summed E-state index contributed by atoms with van der Waals surface area (Å²) < 4.78 is 5.50. The maximum Gasteiger partial charge on any atom is 0.232 e. The van der Waals surface area contributed by atoms with E-state index in [-0.39, 0.29) is 11.8 Å². The van der Waals surface area contributed by atoms with Crippen LogP contribution in [0.1, 0.15) is 49.1 Å². The van der Waals surface area contributed by atoms with E-state index in [4.69, 9.17) is 16.1 Å². The number of benzene rings is 2. The van der Waals surface area contributed by atoms with Crippen molar-refractivity contribution in [3.63, 3.8) is 0 Å². The van der Waals surface area contributed by atoms with Gasteiger partial charge in [0.05, 0.1) is 5.92 Å². The van der Waals surface area contributed by atoms with Crippen LogP contribution in [-0.4, -0.2) is 22.6 Å². The number of rotatable bonds is 4. The lowest BCUT2D eigenvalue weighted by Gasteiger charge is -2.19. The fourth-order valence-electron chi connectivity index (χ4n) is 3.53. The number of carbonyl (C=O) groups excluding carboxylic acids is 1. The zero-order valence-electron chi connectivity index (χ0n) is 16.1. The van der Waals surface area contributed by atoms with Gasteiger partial charge in [0.25, 0.3) is 0 Å². The average molecular weight is 396 g/mol. The molecule has 144 valence electrons. The van der Waals surface area contributed by atoms with Gasteiger partial charge in [0, 0.05) is 29.2 Å². The zero-order chi connectivity index (χ0) is 19.8. The molecule has 2 aromatic carbocycles. The molecule has 3 aromatic rings. The molecule has 1 aromatic heterocycles. The Morgan fingerprint density at radius 1 is 1.18 bits per heavy atom. The summed E-state index contributed by atoms with van der Waals surface area (Å²) in [5, 5.41) is 4.77. The van der Waals surface area contributed by atoms with Crippen molar-refractivity contribution >= 4 is 23.2 Å². The highest BCUT2D eigenvalue weighted by Crippen LogP contribution is 2.35. The van der Waals surface area contributed by atoms with Crippen LogP contribution in [0.3, 0.4) is 0 Å². The average Bonchev–Trinajstić information content (AvgIpc) is 3.31. The molecule has 28 heavy (non-hydrogen) atoms. The Morgan fingerprint density at radius 3 is 2.64 bits per heavy atom. The van der Waals surface area contributed by atoms with E-state index >= 15 is 0 Å². The van der Waals surface area contributed by atoms with Crippen molar-refractivity contribution in [1.29, 1.82) is 0 Å². The smallest absolute Gasteiger partial charge is 0.232 e. The van der Waals surface area contributed by atoms with E-state index in [1.54, 1.807) is 4.90 Å². The SMILES string of the molecule is Cc1c(Cl)cccc1N1CC(c2nc(-c3ccc(C(C)C)cc3)no2)CC1=O. The van der Waals surface area contributed by atoms with Gasteiger partial charge in [-0.2, -0.15) is 4.98 Å². The van der Waals surface area contributed by atoms with Crippen LogP contribution in [0.2, 0.25) is 5.02 Å². The molecule has 0 N–H and O–H groups in total. The zero-order valence-corrected chi connectivity index (χ0v) is 16.9. The molecule has 1 saturated heterocycles. The molecule has 1 fully saturated rings. The number of carbonyl (C=O) groups is 1. The predicted molar refractivity (Wildman–Crippen MR) is 110 cm³/mol. The fourth-order valence-corrected chi connectivity index (χ4v) is 3.70. The lowest BCUT2D eigenvalue weighted by atomic mass is 10.0. The van der Waals surface area contributed by atoms with Gasteiger partial charge in [-0.15, -0.1) is 0 Å². The monoisotopic (exact) mass is 395 g/mol. The van der Waals surface area contributed by atoms with Gasteiger partial charge in [0.1, 0.15) is 0 Å². The van der Waals surface area contributed by atoms with E-state index < -0.39 is 0 Å². The quantitative estimate of drug-likeness (QED) is 0.598. The summed E-state index contributed by atoms with van der Waals surface area (Å²) >= 11 is 6.22. The molecule has 1 aliphatic heterocycles.